The molecule has 2 unspecified atom stereocenters. The quantitative estimate of drug-likeness (QED) is 0.819. The van der Waals surface area contributed by atoms with Gasteiger partial charge < -0.3 is 15.5 Å². The van der Waals surface area contributed by atoms with E-state index in [9.17, 15) is 9.59 Å². The molecule has 1 aliphatic rings. The van der Waals surface area contributed by atoms with Crippen molar-refractivity contribution in [2.45, 2.75) is 45.2 Å². The van der Waals surface area contributed by atoms with Crippen molar-refractivity contribution < 1.29 is 9.59 Å². The van der Waals surface area contributed by atoms with Crippen LogP contribution in [0.5, 0.6) is 0 Å². The van der Waals surface area contributed by atoms with E-state index in [1.165, 1.54) is 0 Å². The van der Waals surface area contributed by atoms with Crippen molar-refractivity contribution in [3.05, 3.63) is 35.9 Å². The van der Waals surface area contributed by atoms with E-state index in [0.29, 0.717) is 32.0 Å². The Balaban J connectivity index is 0.00000288. The number of halogens is 1. The van der Waals surface area contributed by atoms with Gasteiger partial charge >= 0.3 is 0 Å². The molecule has 2 rings (SSSR count). The van der Waals surface area contributed by atoms with Crippen LogP contribution in [0, 0.1) is 0 Å². The lowest BCUT2D eigenvalue weighted by Gasteiger charge is -2.34. The summed E-state index contributed by atoms with van der Waals surface area (Å²) in [4.78, 5) is 26.8. The molecule has 1 aliphatic heterocycles. The second-order valence-corrected chi connectivity index (χ2v) is 6.21. The molecule has 2 N–H and O–H groups in total. The molecular formula is C18H28ClN3O2. The second kappa shape index (κ2) is 10.3. The average molecular weight is 354 g/mol. The maximum absolute atomic E-state index is 12.7. The summed E-state index contributed by atoms with van der Waals surface area (Å²) in [6.45, 7) is 6.32. The van der Waals surface area contributed by atoms with Crippen LogP contribution in [0.4, 0.5) is 0 Å². The number of nitrogens with zero attached hydrogens (tertiary/aromatic N) is 1. The van der Waals surface area contributed by atoms with Gasteiger partial charge in [-0.25, -0.2) is 0 Å². The van der Waals surface area contributed by atoms with Gasteiger partial charge in [0.25, 0.3) is 0 Å². The molecule has 0 aliphatic carbocycles. The van der Waals surface area contributed by atoms with Crippen LogP contribution in [0.2, 0.25) is 0 Å². The summed E-state index contributed by atoms with van der Waals surface area (Å²) in [5.41, 5.74) is 0.962. The molecule has 2 atom stereocenters. The number of rotatable bonds is 6. The summed E-state index contributed by atoms with van der Waals surface area (Å²) in [6, 6.07) is 9.49. The third kappa shape index (κ3) is 6.13. The average Bonchev–Trinajstić information content (AvgIpc) is 2.54. The summed E-state index contributed by atoms with van der Waals surface area (Å²) < 4.78 is 0. The molecule has 5 nitrogen and oxygen atoms in total. The summed E-state index contributed by atoms with van der Waals surface area (Å²) in [5, 5.41) is 6.26. The highest BCUT2D eigenvalue weighted by atomic mass is 35.5. The fourth-order valence-corrected chi connectivity index (χ4v) is 2.93. The van der Waals surface area contributed by atoms with Crippen LogP contribution in [0.3, 0.4) is 0 Å². The van der Waals surface area contributed by atoms with E-state index in [1.807, 2.05) is 42.2 Å². The van der Waals surface area contributed by atoms with E-state index in [2.05, 4.69) is 17.6 Å². The third-order valence-electron chi connectivity index (χ3n) is 4.10. The van der Waals surface area contributed by atoms with E-state index in [0.717, 1.165) is 18.5 Å². The van der Waals surface area contributed by atoms with Gasteiger partial charge in [-0.3, -0.25) is 9.59 Å². The Morgan fingerprint density at radius 3 is 2.67 bits per heavy atom. The number of amides is 2. The second-order valence-electron chi connectivity index (χ2n) is 6.21. The van der Waals surface area contributed by atoms with Gasteiger partial charge in [0.15, 0.2) is 0 Å². The molecular weight excluding hydrogens is 326 g/mol. The zero-order chi connectivity index (χ0) is 16.7. The summed E-state index contributed by atoms with van der Waals surface area (Å²) in [6.07, 6.45) is 1.85. The van der Waals surface area contributed by atoms with E-state index >= 15 is 0 Å². The van der Waals surface area contributed by atoms with Crippen LogP contribution in [-0.4, -0.2) is 48.4 Å². The van der Waals surface area contributed by atoms with Crippen LogP contribution < -0.4 is 10.6 Å². The van der Waals surface area contributed by atoms with Crippen LogP contribution >= 0.6 is 12.4 Å². The molecule has 1 aromatic rings. The first kappa shape index (κ1) is 20.5. The number of carbonyl (C=O) groups excluding carboxylic acids is 2. The van der Waals surface area contributed by atoms with E-state index < -0.39 is 6.04 Å². The number of carbonyl (C=O) groups is 2. The monoisotopic (exact) mass is 353 g/mol. The number of piperazine rings is 1. The standard InChI is InChI=1S/C18H27N3O2.ClH/c1-3-7-16(18(23)21-11-10-19-14(2)13-21)20-17(22)12-15-8-5-4-6-9-15;/h4-6,8-9,14,16,19H,3,7,10-13H2,1-2H3,(H,20,22);1H. The molecule has 6 heteroatoms. The molecule has 0 radical (unpaired) electrons. The fourth-order valence-electron chi connectivity index (χ4n) is 2.93. The van der Waals surface area contributed by atoms with Crippen LogP contribution in [0.1, 0.15) is 32.3 Å². The van der Waals surface area contributed by atoms with Gasteiger partial charge in [-0.15, -0.1) is 12.4 Å². The molecule has 1 saturated heterocycles. The molecule has 0 bridgehead atoms. The highest BCUT2D eigenvalue weighted by Crippen LogP contribution is 2.07. The minimum absolute atomic E-state index is 0. The van der Waals surface area contributed by atoms with Crippen molar-refractivity contribution in [1.82, 2.24) is 15.5 Å². The molecule has 0 aromatic heterocycles. The third-order valence-corrected chi connectivity index (χ3v) is 4.10. The molecule has 1 heterocycles. The van der Waals surface area contributed by atoms with Crippen molar-refractivity contribution in [2.24, 2.45) is 0 Å². The molecule has 1 fully saturated rings. The molecule has 0 saturated carbocycles. The number of hydrogen-bond acceptors (Lipinski definition) is 3. The number of benzene rings is 1. The first-order chi connectivity index (χ1) is 11.1. The van der Waals surface area contributed by atoms with Crippen LogP contribution in [-0.2, 0) is 16.0 Å². The fraction of sp³-hybridized carbons (Fsp3) is 0.556. The lowest BCUT2D eigenvalue weighted by Crippen LogP contribution is -2.56. The van der Waals surface area contributed by atoms with Crippen molar-refractivity contribution in [1.29, 1.82) is 0 Å². The highest BCUT2D eigenvalue weighted by Gasteiger charge is 2.27. The zero-order valence-electron chi connectivity index (χ0n) is 14.5. The lowest BCUT2D eigenvalue weighted by molar-refractivity contribution is -0.137. The largest absolute Gasteiger partial charge is 0.344 e. The Morgan fingerprint density at radius 1 is 1.33 bits per heavy atom. The summed E-state index contributed by atoms with van der Waals surface area (Å²) in [5.74, 6) is -0.0483. The van der Waals surface area contributed by atoms with Crippen LogP contribution in [0.15, 0.2) is 30.3 Å². The van der Waals surface area contributed by atoms with E-state index in [1.54, 1.807) is 0 Å². The minimum atomic E-state index is -0.415. The first-order valence-corrected chi connectivity index (χ1v) is 8.45. The Hall–Kier alpha value is -1.59. The maximum atomic E-state index is 12.7. The predicted octanol–water partition coefficient (Wildman–Crippen LogP) is 1.76. The Bertz CT molecular complexity index is 524. The minimum Gasteiger partial charge on any atom is -0.344 e. The van der Waals surface area contributed by atoms with Crippen molar-refractivity contribution in [3.63, 3.8) is 0 Å². The van der Waals surface area contributed by atoms with Gasteiger partial charge in [0.1, 0.15) is 6.04 Å². The molecule has 2 amide bonds. The smallest absolute Gasteiger partial charge is 0.245 e. The normalized spacial score (nSPS) is 18.4. The van der Waals surface area contributed by atoms with Gasteiger partial charge in [0.2, 0.25) is 11.8 Å². The Kier molecular flexibility index (Phi) is 8.79. The molecule has 1 aromatic carbocycles. The van der Waals surface area contributed by atoms with Gasteiger partial charge in [-0.2, -0.15) is 0 Å². The van der Waals surface area contributed by atoms with Crippen molar-refractivity contribution in [2.75, 3.05) is 19.6 Å². The molecule has 24 heavy (non-hydrogen) atoms. The maximum Gasteiger partial charge on any atom is 0.245 e. The molecule has 0 spiro atoms. The number of nitrogens with one attached hydrogen (secondary N) is 2. The first-order valence-electron chi connectivity index (χ1n) is 8.45. The zero-order valence-corrected chi connectivity index (χ0v) is 15.3. The van der Waals surface area contributed by atoms with Gasteiger partial charge in [-0.05, 0) is 18.9 Å². The Morgan fingerprint density at radius 2 is 2.04 bits per heavy atom. The Labute approximate surface area is 150 Å². The topological polar surface area (TPSA) is 61.4 Å². The summed E-state index contributed by atoms with van der Waals surface area (Å²) in [7, 11) is 0. The predicted molar refractivity (Wildman–Crippen MR) is 98.3 cm³/mol. The molecule has 134 valence electrons. The van der Waals surface area contributed by atoms with Gasteiger partial charge in [0.05, 0.1) is 6.42 Å². The number of hydrogen-bond donors (Lipinski definition) is 2. The van der Waals surface area contributed by atoms with Crippen LogP contribution in [0.25, 0.3) is 0 Å². The highest BCUT2D eigenvalue weighted by molar-refractivity contribution is 5.88. The van der Waals surface area contributed by atoms with Gasteiger partial charge in [-0.1, -0.05) is 43.7 Å². The van der Waals surface area contributed by atoms with Crippen molar-refractivity contribution >= 4 is 24.2 Å². The van der Waals surface area contributed by atoms with E-state index in [4.69, 9.17) is 0 Å². The van der Waals surface area contributed by atoms with Gasteiger partial charge in [0, 0.05) is 25.7 Å². The lowest BCUT2D eigenvalue weighted by atomic mass is 10.1. The summed E-state index contributed by atoms with van der Waals surface area (Å²) >= 11 is 0. The SMILES string of the molecule is CCCC(NC(=O)Cc1ccccc1)C(=O)N1CCNC(C)C1.Cl. The van der Waals surface area contributed by atoms with Crippen molar-refractivity contribution in [3.8, 4) is 0 Å². The van der Waals surface area contributed by atoms with E-state index in [-0.39, 0.29) is 24.2 Å².